The molecule has 5 N–H and O–H groups in total. The third kappa shape index (κ3) is 1.72. The Morgan fingerprint density at radius 3 is 2.50 bits per heavy atom. The highest BCUT2D eigenvalue weighted by Crippen LogP contribution is 2.30. The van der Waals surface area contributed by atoms with E-state index in [2.05, 4.69) is 17.1 Å². The summed E-state index contributed by atoms with van der Waals surface area (Å²) in [6.07, 6.45) is 0. The predicted molar refractivity (Wildman–Crippen MR) is 68.2 cm³/mol. The van der Waals surface area contributed by atoms with Gasteiger partial charge in [-0.05, 0) is 32.4 Å². The van der Waals surface area contributed by atoms with Crippen molar-refractivity contribution in [2.45, 2.75) is 32.4 Å². The fourth-order valence-corrected chi connectivity index (χ4v) is 2.07. The lowest BCUT2D eigenvalue weighted by Crippen LogP contribution is -2.44. The smallest absolute Gasteiger partial charge is 0.0496 e. The molecule has 0 spiro atoms. The zero-order chi connectivity index (χ0) is 11.9. The molecule has 1 heterocycles. The minimum absolute atomic E-state index is 0.163. The topological polar surface area (TPSA) is 67.8 Å². The quantitative estimate of drug-likeness (QED) is 0.722. The van der Waals surface area contributed by atoms with Crippen molar-refractivity contribution in [2.75, 3.05) is 0 Å². The summed E-state index contributed by atoms with van der Waals surface area (Å²) in [6.45, 7) is 5.96. The van der Waals surface area contributed by atoms with Gasteiger partial charge in [-0.25, -0.2) is 0 Å². The van der Waals surface area contributed by atoms with Crippen molar-refractivity contribution in [1.29, 1.82) is 0 Å². The van der Waals surface area contributed by atoms with Crippen molar-refractivity contribution in [3.63, 3.8) is 0 Å². The first-order valence-electron chi connectivity index (χ1n) is 5.53. The Morgan fingerprint density at radius 1 is 1.25 bits per heavy atom. The Morgan fingerprint density at radius 2 is 1.88 bits per heavy atom. The minimum Gasteiger partial charge on any atom is -0.358 e. The van der Waals surface area contributed by atoms with E-state index < -0.39 is 5.54 Å². The number of rotatable bonds is 2. The van der Waals surface area contributed by atoms with Gasteiger partial charge in [0.05, 0.1) is 0 Å². The fraction of sp³-hybridized carbons (Fsp3) is 0.385. The molecular formula is C13H19N3. The van der Waals surface area contributed by atoms with Gasteiger partial charge in [0.25, 0.3) is 0 Å². The summed E-state index contributed by atoms with van der Waals surface area (Å²) < 4.78 is 0. The number of hydrogen-bond acceptors (Lipinski definition) is 2. The summed E-state index contributed by atoms with van der Waals surface area (Å²) in [5.74, 6) is 0. The zero-order valence-corrected chi connectivity index (χ0v) is 10.0. The number of H-pyrrole nitrogens is 1. The monoisotopic (exact) mass is 217 g/mol. The molecular weight excluding hydrogens is 198 g/mol. The van der Waals surface area contributed by atoms with E-state index in [0.717, 1.165) is 16.8 Å². The third-order valence-electron chi connectivity index (χ3n) is 3.06. The van der Waals surface area contributed by atoms with Crippen LogP contribution in [0.25, 0.3) is 10.9 Å². The largest absolute Gasteiger partial charge is 0.358 e. The molecule has 2 rings (SSSR count). The van der Waals surface area contributed by atoms with Crippen molar-refractivity contribution < 1.29 is 0 Å². The highest BCUT2D eigenvalue weighted by atomic mass is 14.8. The summed E-state index contributed by atoms with van der Waals surface area (Å²) >= 11 is 0. The van der Waals surface area contributed by atoms with E-state index in [1.54, 1.807) is 0 Å². The van der Waals surface area contributed by atoms with Crippen LogP contribution in [-0.2, 0) is 0 Å². The van der Waals surface area contributed by atoms with Gasteiger partial charge in [0, 0.05) is 28.2 Å². The molecule has 0 aliphatic heterocycles. The lowest BCUT2D eigenvalue weighted by molar-refractivity contribution is 0.421. The maximum absolute atomic E-state index is 6.24. The molecule has 86 valence electrons. The van der Waals surface area contributed by atoms with Gasteiger partial charge in [-0.3, -0.25) is 0 Å². The lowest BCUT2D eigenvalue weighted by atomic mass is 9.89. The number of aromatic amines is 1. The molecule has 3 heteroatoms. The molecule has 0 saturated heterocycles. The van der Waals surface area contributed by atoms with Gasteiger partial charge in [0.1, 0.15) is 0 Å². The molecule has 1 aromatic heterocycles. The maximum atomic E-state index is 6.24. The summed E-state index contributed by atoms with van der Waals surface area (Å²) in [4.78, 5) is 3.34. The molecule has 0 aliphatic rings. The van der Waals surface area contributed by atoms with Gasteiger partial charge >= 0.3 is 0 Å². The van der Waals surface area contributed by atoms with Crippen LogP contribution in [0.5, 0.6) is 0 Å². The second-order valence-corrected chi connectivity index (χ2v) is 5.01. The Labute approximate surface area is 95.8 Å². The predicted octanol–water partition coefficient (Wildman–Crippen LogP) is 2.21. The van der Waals surface area contributed by atoms with Gasteiger partial charge in [-0.15, -0.1) is 0 Å². The first-order chi connectivity index (χ1) is 7.41. The Hall–Kier alpha value is -1.32. The van der Waals surface area contributed by atoms with Gasteiger partial charge in [-0.1, -0.05) is 18.2 Å². The number of aryl methyl sites for hydroxylation is 1. The first-order valence-corrected chi connectivity index (χ1v) is 5.53. The van der Waals surface area contributed by atoms with Crippen LogP contribution in [0, 0.1) is 6.92 Å². The summed E-state index contributed by atoms with van der Waals surface area (Å²) in [5, 5.41) is 1.17. The van der Waals surface area contributed by atoms with E-state index in [1.807, 2.05) is 32.9 Å². The average Bonchev–Trinajstić information content (AvgIpc) is 2.51. The second kappa shape index (κ2) is 3.61. The third-order valence-corrected chi connectivity index (χ3v) is 3.06. The molecule has 2 aromatic rings. The number of aromatic nitrogens is 1. The number of nitrogens with one attached hydrogen (secondary N) is 1. The molecule has 0 radical (unpaired) electrons. The van der Waals surface area contributed by atoms with E-state index in [9.17, 15) is 0 Å². The average molecular weight is 217 g/mol. The zero-order valence-electron chi connectivity index (χ0n) is 10.0. The molecule has 0 saturated carbocycles. The van der Waals surface area contributed by atoms with E-state index in [-0.39, 0.29) is 6.04 Å². The molecule has 16 heavy (non-hydrogen) atoms. The number of fused-ring (bicyclic) bond motifs is 1. The van der Waals surface area contributed by atoms with Crippen molar-refractivity contribution >= 4 is 10.9 Å². The SMILES string of the molecule is Cc1[nH]c2ccccc2c1C(N)C(C)(C)N. The first kappa shape index (κ1) is 11.2. The fourth-order valence-electron chi connectivity index (χ4n) is 2.07. The highest BCUT2D eigenvalue weighted by Gasteiger charge is 2.26. The molecule has 1 aromatic carbocycles. The minimum atomic E-state index is -0.421. The summed E-state index contributed by atoms with van der Waals surface area (Å²) in [5.41, 5.74) is 15.3. The van der Waals surface area contributed by atoms with Crippen LogP contribution >= 0.6 is 0 Å². The molecule has 1 unspecified atom stereocenters. The maximum Gasteiger partial charge on any atom is 0.0496 e. The normalized spacial score (nSPS) is 14.3. The van der Waals surface area contributed by atoms with Crippen molar-refractivity contribution in [2.24, 2.45) is 11.5 Å². The van der Waals surface area contributed by atoms with Crippen LogP contribution in [-0.4, -0.2) is 10.5 Å². The number of hydrogen-bond donors (Lipinski definition) is 3. The van der Waals surface area contributed by atoms with E-state index >= 15 is 0 Å². The van der Waals surface area contributed by atoms with Crippen LogP contribution in [0.1, 0.15) is 31.1 Å². The van der Waals surface area contributed by atoms with Crippen LogP contribution < -0.4 is 11.5 Å². The molecule has 0 amide bonds. The molecule has 0 aliphatic carbocycles. The lowest BCUT2D eigenvalue weighted by Gasteiger charge is -2.27. The Kier molecular flexibility index (Phi) is 2.52. The van der Waals surface area contributed by atoms with Crippen molar-refractivity contribution in [1.82, 2.24) is 4.98 Å². The molecule has 1 atom stereocenters. The van der Waals surface area contributed by atoms with Crippen molar-refractivity contribution in [3.8, 4) is 0 Å². The van der Waals surface area contributed by atoms with Gasteiger partial charge in [-0.2, -0.15) is 0 Å². The Bertz CT molecular complexity index is 505. The summed E-state index contributed by atoms with van der Waals surface area (Å²) in [7, 11) is 0. The van der Waals surface area contributed by atoms with Crippen molar-refractivity contribution in [3.05, 3.63) is 35.5 Å². The number of para-hydroxylation sites is 1. The summed E-state index contributed by atoms with van der Waals surface area (Å²) in [6, 6.07) is 8.02. The van der Waals surface area contributed by atoms with Gasteiger partial charge in [0.2, 0.25) is 0 Å². The van der Waals surface area contributed by atoms with Crippen LogP contribution in [0.4, 0.5) is 0 Å². The van der Waals surface area contributed by atoms with Crippen LogP contribution in [0.15, 0.2) is 24.3 Å². The van der Waals surface area contributed by atoms with E-state index in [0.29, 0.717) is 0 Å². The number of nitrogens with two attached hydrogens (primary N) is 2. The highest BCUT2D eigenvalue weighted by molar-refractivity contribution is 5.85. The molecule has 0 fully saturated rings. The Balaban J connectivity index is 2.64. The van der Waals surface area contributed by atoms with Crippen LogP contribution in [0.3, 0.4) is 0 Å². The van der Waals surface area contributed by atoms with Crippen LogP contribution in [0.2, 0.25) is 0 Å². The number of benzene rings is 1. The van der Waals surface area contributed by atoms with E-state index in [1.165, 1.54) is 5.39 Å². The van der Waals surface area contributed by atoms with E-state index in [4.69, 9.17) is 11.5 Å². The van der Waals surface area contributed by atoms with Gasteiger partial charge < -0.3 is 16.5 Å². The molecule has 0 bridgehead atoms. The standard InChI is InChI=1S/C13H19N3/c1-8-11(12(14)13(2,3)15)9-6-4-5-7-10(9)16-8/h4-7,12,16H,14-15H2,1-3H3. The second-order valence-electron chi connectivity index (χ2n) is 5.01. The van der Waals surface area contributed by atoms with Gasteiger partial charge in [0.15, 0.2) is 0 Å². The molecule has 3 nitrogen and oxygen atoms in total.